The Morgan fingerprint density at radius 2 is 1.54 bits per heavy atom. The van der Waals surface area contributed by atoms with Crippen molar-refractivity contribution in [1.82, 2.24) is 0 Å². The van der Waals surface area contributed by atoms with Crippen LogP contribution in [0.5, 0.6) is 5.75 Å². The summed E-state index contributed by atoms with van der Waals surface area (Å²) >= 11 is 3.47. The van der Waals surface area contributed by atoms with E-state index in [0.717, 1.165) is 52.6 Å². The number of carbonyl (C=O) groups excluding carboxylic acids is 2. The predicted octanol–water partition coefficient (Wildman–Crippen LogP) is 8.20. The molecule has 0 amide bonds. The zero-order valence-electron chi connectivity index (χ0n) is 22.7. The molecule has 39 heavy (non-hydrogen) atoms. The second kappa shape index (κ2) is 16.6. The zero-order valence-corrected chi connectivity index (χ0v) is 24.3. The summed E-state index contributed by atoms with van der Waals surface area (Å²) in [4.78, 5) is 23.8. The van der Waals surface area contributed by atoms with Gasteiger partial charge in [-0.2, -0.15) is 0 Å². The average Bonchev–Trinajstić information content (AvgIpc) is 2.94. The summed E-state index contributed by atoms with van der Waals surface area (Å²) in [5.41, 5.74) is 3.81. The van der Waals surface area contributed by atoms with E-state index in [1.54, 1.807) is 6.92 Å². The molecule has 5 nitrogen and oxygen atoms in total. The number of hydrogen-bond acceptors (Lipinski definition) is 5. The second-order valence-corrected chi connectivity index (χ2v) is 10.2. The third kappa shape index (κ3) is 10.7. The van der Waals surface area contributed by atoms with Crippen molar-refractivity contribution in [2.75, 3.05) is 13.2 Å². The molecule has 0 heterocycles. The third-order valence-electron chi connectivity index (χ3n) is 6.25. The summed E-state index contributed by atoms with van der Waals surface area (Å²) in [5.74, 6) is 0.631. The number of allylic oxidation sites excluding steroid dienone is 1. The molecule has 0 aromatic heterocycles. The third-order valence-corrected chi connectivity index (χ3v) is 6.78. The van der Waals surface area contributed by atoms with Crippen molar-refractivity contribution in [3.63, 3.8) is 0 Å². The summed E-state index contributed by atoms with van der Waals surface area (Å²) in [6, 6.07) is 23.8. The Balaban J connectivity index is 1.69. The number of carbonyl (C=O) groups is 2. The van der Waals surface area contributed by atoms with E-state index in [0.29, 0.717) is 31.8 Å². The fraction of sp³-hybridized carbons (Fsp3) is 0.333. The summed E-state index contributed by atoms with van der Waals surface area (Å²) in [7, 11) is 0. The number of para-hydroxylation sites is 1. The largest absolute Gasteiger partial charge is 0.488 e. The fourth-order valence-electron chi connectivity index (χ4n) is 4.20. The molecular weight excluding hydrogens is 556 g/mol. The van der Waals surface area contributed by atoms with E-state index in [1.165, 1.54) is 0 Å². The molecule has 1 unspecified atom stereocenters. The number of esters is 2. The van der Waals surface area contributed by atoms with Crippen LogP contribution in [0.4, 0.5) is 0 Å². The van der Waals surface area contributed by atoms with Crippen molar-refractivity contribution in [1.29, 1.82) is 0 Å². The highest BCUT2D eigenvalue weighted by atomic mass is 79.9. The molecular formula is C33H37BrO5. The minimum Gasteiger partial charge on any atom is -0.488 e. The van der Waals surface area contributed by atoms with Gasteiger partial charge in [-0.15, -0.1) is 0 Å². The Morgan fingerprint density at radius 3 is 2.26 bits per heavy atom. The van der Waals surface area contributed by atoms with E-state index < -0.39 is 0 Å². The standard InChI is InChI=1S/C33H37BrO5/c1-3-37-32(35)12-8-5-9-25(23-26-14-19-29(20-15-26)33(36)38-4-2)13-18-28-10-6-7-11-31(28)39-24-27-16-21-30(34)22-17-27/h6-7,10-11,13-22,25H,3-5,8-9,12,23-24H2,1-2H3/b18-13+. The highest BCUT2D eigenvalue weighted by Gasteiger charge is 2.11. The summed E-state index contributed by atoms with van der Waals surface area (Å²) in [6.07, 6.45) is 8.24. The molecule has 0 saturated heterocycles. The van der Waals surface area contributed by atoms with Crippen molar-refractivity contribution in [2.45, 2.75) is 52.6 Å². The van der Waals surface area contributed by atoms with Gasteiger partial charge in [-0.1, -0.05) is 77.0 Å². The van der Waals surface area contributed by atoms with E-state index >= 15 is 0 Å². The summed E-state index contributed by atoms with van der Waals surface area (Å²) in [5, 5.41) is 0. The maximum Gasteiger partial charge on any atom is 0.338 e. The Morgan fingerprint density at radius 1 is 0.846 bits per heavy atom. The van der Waals surface area contributed by atoms with Crippen molar-refractivity contribution in [2.24, 2.45) is 5.92 Å². The molecule has 0 aliphatic carbocycles. The number of hydrogen-bond donors (Lipinski definition) is 0. The Kier molecular flexibility index (Phi) is 12.8. The molecule has 0 aliphatic heterocycles. The first-order valence-electron chi connectivity index (χ1n) is 13.5. The van der Waals surface area contributed by atoms with Gasteiger partial charge in [0.15, 0.2) is 0 Å². The lowest BCUT2D eigenvalue weighted by Crippen LogP contribution is -2.06. The molecule has 3 aromatic rings. The van der Waals surface area contributed by atoms with Crippen LogP contribution in [-0.2, 0) is 27.3 Å². The quantitative estimate of drug-likeness (QED) is 0.131. The van der Waals surface area contributed by atoms with Gasteiger partial charge >= 0.3 is 11.9 Å². The Hall–Kier alpha value is -3.38. The molecule has 0 saturated carbocycles. The van der Waals surface area contributed by atoms with Gasteiger partial charge in [0.2, 0.25) is 0 Å². The molecule has 0 spiro atoms. The molecule has 6 heteroatoms. The topological polar surface area (TPSA) is 61.8 Å². The van der Waals surface area contributed by atoms with Crippen LogP contribution in [0.1, 0.15) is 66.6 Å². The minimum atomic E-state index is -0.306. The van der Waals surface area contributed by atoms with Crippen LogP contribution in [0.15, 0.2) is 83.3 Å². The lowest BCUT2D eigenvalue weighted by atomic mass is 9.92. The smallest absolute Gasteiger partial charge is 0.338 e. The van der Waals surface area contributed by atoms with Gasteiger partial charge in [0, 0.05) is 16.5 Å². The van der Waals surface area contributed by atoms with Gasteiger partial charge in [-0.3, -0.25) is 4.79 Å². The maximum absolute atomic E-state index is 12.0. The van der Waals surface area contributed by atoms with Crippen LogP contribution >= 0.6 is 15.9 Å². The van der Waals surface area contributed by atoms with E-state index in [2.05, 4.69) is 34.1 Å². The first kappa shape index (κ1) is 30.2. The highest BCUT2D eigenvalue weighted by Crippen LogP contribution is 2.25. The van der Waals surface area contributed by atoms with E-state index in [4.69, 9.17) is 14.2 Å². The molecule has 0 bridgehead atoms. The molecule has 3 rings (SSSR count). The molecule has 206 valence electrons. The fourth-order valence-corrected chi connectivity index (χ4v) is 4.46. The van der Waals surface area contributed by atoms with Crippen LogP contribution in [0.3, 0.4) is 0 Å². The van der Waals surface area contributed by atoms with Gasteiger partial charge in [0.05, 0.1) is 18.8 Å². The van der Waals surface area contributed by atoms with Crippen LogP contribution < -0.4 is 4.74 Å². The van der Waals surface area contributed by atoms with Crippen molar-refractivity contribution < 1.29 is 23.8 Å². The van der Waals surface area contributed by atoms with Gasteiger partial charge in [-0.25, -0.2) is 4.79 Å². The molecule has 0 fully saturated rings. The average molecular weight is 594 g/mol. The first-order chi connectivity index (χ1) is 19.0. The molecule has 0 aliphatic rings. The zero-order chi connectivity index (χ0) is 27.9. The van der Waals surface area contributed by atoms with Crippen LogP contribution in [0.2, 0.25) is 0 Å². The molecule has 0 N–H and O–H groups in total. The second-order valence-electron chi connectivity index (χ2n) is 9.24. The van der Waals surface area contributed by atoms with E-state index in [1.807, 2.05) is 73.7 Å². The van der Waals surface area contributed by atoms with Gasteiger partial charge < -0.3 is 14.2 Å². The van der Waals surface area contributed by atoms with Crippen LogP contribution in [0, 0.1) is 5.92 Å². The number of ether oxygens (including phenoxy) is 3. The normalized spacial score (nSPS) is 11.8. The van der Waals surface area contributed by atoms with E-state index in [-0.39, 0.29) is 17.9 Å². The van der Waals surface area contributed by atoms with Crippen LogP contribution in [-0.4, -0.2) is 25.2 Å². The number of halogens is 1. The van der Waals surface area contributed by atoms with Gasteiger partial charge in [-0.05, 0) is 80.5 Å². The molecule has 0 radical (unpaired) electrons. The van der Waals surface area contributed by atoms with Crippen molar-refractivity contribution in [3.05, 3.63) is 106 Å². The molecule has 3 aromatic carbocycles. The van der Waals surface area contributed by atoms with Crippen molar-refractivity contribution >= 4 is 33.9 Å². The molecule has 1 atom stereocenters. The number of rotatable bonds is 15. The predicted molar refractivity (Wildman–Crippen MR) is 159 cm³/mol. The monoisotopic (exact) mass is 592 g/mol. The van der Waals surface area contributed by atoms with Gasteiger partial charge in [0.1, 0.15) is 12.4 Å². The Labute approximate surface area is 240 Å². The Bertz CT molecular complexity index is 1200. The minimum absolute atomic E-state index is 0.143. The maximum atomic E-state index is 12.0. The van der Waals surface area contributed by atoms with Gasteiger partial charge in [0.25, 0.3) is 0 Å². The number of benzene rings is 3. The number of unbranched alkanes of at least 4 members (excludes halogenated alkanes) is 1. The SMILES string of the molecule is CCOC(=O)CCCCC(/C=C/c1ccccc1OCc1ccc(Br)cc1)Cc1ccc(C(=O)OCC)cc1. The summed E-state index contributed by atoms with van der Waals surface area (Å²) < 4.78 is 17.4. The highest BCUT2D eigenvalue weighted by molar-refractivity contribution is 9.10. The lowest BCUT2D eigenvalue weighted by Gasteiger charge is -2.14. The summed E-state index contributed by atoms with van der Waals surface area (Å²) in [6.45, 7) is 4.88. The first-order valence-corrected chi connectivity index (χ1v) is 14.3. The van der Waals surface area contributed by atoms with Crippen LogP contribution in [0.25, 0.3) is 6.08 Å². The lowest BCUT2D eigenvalue weighted by molar-refractivity contribution is -0.143. The van der Waals surface area contributed by atoms with Crippen molar-refractivity contribution in [3.8, 4) is 5.75 Å². The van der Waals surface area contributed by atoms with E-state index in [9.17, 15) is 9.59 Å².